The van der Waals surface area contributed by atoms with Gasteiger partial charge in [-0.2, -0.15) is 0 Å². The van der Waals surface area contributed by atoms with Crippen LogP contribution in [-0.2, 0) is 27.3 Å². The van der Waals surface area contributed by atoms with Crippen LogP contribution in [0.1, 0.15) is 31.4 Å². The first-order chi connectivity index (χ1) is 15.9. The summed E-state index contributed by atoms with van der Waals surface area (Å²) in [6.45, 7) is 5.42. The highest BCUT2D eigenvalue weighted by atomic mass is 19.1. The van der Waals surface area contributed by atoms with Crippen molar-refractivity contribution >= 4 is 11.8 Å². The summed E-state index contributed by atoms with van der Waals surface area (Å²) >= 11 is 0. The summed E-state index contributed by atoms with van der Waals surface area (Å²) in [7, 11) is 3.07. The maximum absolute atomic E-state index is 13.3. The van der Waals surface area contributed by atoms with Crippen LogP contribution >= 0.6 is 0 Å². The van der Waals surface area contributed by atoms with Gasteiger partial charge in [0.2, 0.25) is 11.8 Å². The van der Waals surface area contributed by atoms with E-state index in [2.05, 4.69) is 5.32 Å². The molecule has 2 rings (SSSR count). The summed E-state index contributed by atoms with van der Waals surface area (Å²) in [6.07, 6.45) is 0.757. The predicted octanol–water partition coefficient (Wildman–Crippen LogP) is 3.35. The second kappa shape index (κ2) is 13.4. The van der Waals surface area contributed by atoms with Crippen LogP contribution in [0.3, 0.4) is 0 Å². The van der Waals surface area contributed by atoms with Gasteiger partial charge in [0.25, 0.3) is 0 Å². The number of hydrogen-bond acceptors (Lipinski definition) is 5. The summed E-state index contributed by atoms with van der Waals surface area (Å²) in [6, 6.07) is 10.4. The molecule has 1 unspecified atom stereocenters. The highest BCUT2D eigenvalue weighted by molar-refractivity contribution is 5.88. The third kappa shape index (κ3) is 8.05. The third-order valence-electron chi connectivity index (χ3n) is 5.21. The minimum absolute atomic E-state index is 0.0729. The second-order valence-electron chi connectivity index (χ2n) is 7.53. The molecule has 0 fully saturated rings. The van der Waals surface area contributed by atoms with Crippen molar-refractivity contribution in [3.05, 3.63) is 59.4 Å². The molecule has 0 aromatic heterocycles. The fourth-order valence-corrected chi connectivity index (χ4v) is 3.31. The zero-order chi connectivity index (χ0) is 24.2. The second-order valence-corrected chi connectivity index (χ2v) is 7.53. The Labute approximate surface area is 194 Å². The van der Waals surface area contributed by atoms with E-state index in [4.69, 9.17) is 14.2 Å². The van der Waals surface area contributed by atoms with Crippen molar-refractivity contribution in [3.8, 4) is 11.5 Å². The third-order valence-corrected chi connectivity index (χ3v) is 5.21. The van der Waals surface area contributed by atoms with Crippen LogP contribution in [0.15, 0.2) is 42.5 Å². The van der Waals surface area contributed by atoms with Crippen LogP contribution in [0.5, 0.6) is 11.5 Å². The summed E-state index contributed by atoms with van der Waals surface area (Å²) in [4.78, 5) is 27.5. The van der Waals surface area contributed by atoms with Crippen molar-refractivity contribution in [2.75, 3.05) is 34.0 Å². The van der Waals surface area contributed by atoms with Crippen LogP contribution in [-0.4, -0.2) is 56.7 Å². The minimum atomic E-state index is -0.713. The van der Waals surface area contributed by atoms with E-state index in [-0.39, 0.29) is 30.6 Å². The number of benzene rings is 2. The van der Waals surface area contributed by atoms with E-state index >= 15 is 0 Å². The average molecular weight is 461 g/mol. The van der Waals surface area contributed by atoms with E-state index in [0.717, 1.165) is 11.1 Å². The minimum Gasteiger partial charge on any atom is -0.493 e. The van der Waals surface area contributed by atoms with E-state index in [1.54, 1.807) is 44.4 Å². The summed E-state index contributed by atoms with van der Waals surface area (Å²) < 4.78 is 29.2. The maximum Gasteiger partial charge on any atom is 0.242 e. The molecule has 0 saturated carbocycles. The molecule has 33 heavy (non-hydrogen) atoms. The SMILES string of the molecule is CCOCCCNC(=O)C(C)N(Cc1ccc(F)cc1)C(=O)Cc1ccc(OC)c(OC)c1. The Morgan fingerprint density at radius 2 is 1.70 bits per heavy atom. The summed E-state index contributed by atoms with van der Waals surface area (Å²) in [5.41, 5.74) is 1.46. The fraction of sp³-hybridized carbons (Fsp3) is 0.440. The van der Waals surface area contributed by atoms with Crippen molar-refractivity contribution in [2.24, 2.45) is 0 Å². The van der Waals surface area contributed by atoms with Gasteiger partial charge in [-0.1, -0.05) is 18.2 Å². The zero-order valence-electron chi connectivity index (χ0n) is 19.7. The van der Waals surface area contributed by atoms with Crippen LogP contribution in [0, 0.1) is 5.82 Å². The normalized spacial score (nSPS) is 11.5. The lowest BCUT2D eigenvalue weighted by Crippen LogP contribution is -2.48. The molecule has 0 spiro atoms. The highest BCUT2D eigenvalue weighted by Crippen LogP contribution is 2.28. The van der Waals surface area contributed by atoms with Gasteiger partial charge in [0.05, 0.1) is 20.6 Å². The van der Waals surface area contributed by atoms with Crippen LogP contribution in [0.2, 0.25) is 0 Å². The molecular weight excluding hydrogens is 427 g/mol. The Bertz CT molecular complexity index is 904. The molecule has 180 valence electrons. The number of halogens is 1. The van der Waals surface area contributed by atoms with Crippen molar-refractivity contribution in [1.82, 2.24) is 10.2 Å². The van der Waals surface area contributed by atoms with Gasteiger partial charge in [0.1, 0.15) is 11.9 Å². The topological polar surface area (TPSA) is 77.1 Å². The number of hydrogen-bond donors (Lipinski definition) is 1. The molecule has 7 nitrogen and oxygen atoms in total. The molecule has 0 heterocycles. The largest absolute Gasteiger partial charge is 0.493 e. The molecule has 0 bridgehead atoms. The number of methoxy groups -OCH3 is 2. The molecule has 2 aromatic carbocycles. The van der Waals surface area contributed by atoms with Crippen molar-refractivity contribution in [2.45, 2.75) is 39.3 Å². The quantitative estimate of drug-likeness (QED) is 0.464. The highest BCUT2D eigenvalue weighted by Gasteiger charge is 2.26. The number of carbonyl (C=O) groups excluding carboxylic acids is 2. The number of amides is 2. The van der Waals surface area contributed by atoms with Gasteiger partial charge in [0.15, 0.2) is 11.5 Å². The first kappa shape index (κ1) is 26.1. The van der Waals surface area contributed by atoms with E-state index in [9.17, 15) is 14.0 Å². The van der Waals surface area contributed by atoms with Gasteiger partial charge in [-0.3, -0.25) is 9.59 Å². The molecule has 2 aromatic rings. The fourth-order valence-electron chi connectivity index (χ4n) is 3.31. The lowest BCUT2D eigenvalue weighted by atomic mass is 10.1. The van der Waals surface area contributed by atoms with E-state index < -0.39 is 6.04 Å². The molecule has 0 saturated heterocycles. The molecule has 1 atom stereocenters. The molecule has 2 amide bonds. The molecule has 0 aliphatic rings. The standard InChI is InChI=1S/C25H33FN2O5/c1-5-33-14-6-13-27-25(30)18(2)28(17-19-7-10-21(26)11-8-19)24(29)16-20-9-12-22(31-3)23(15-20)32-4/h7-12,15,18H,5-6,13-14,16-17H2,1-4H3,(H,27,30). The summed E-state index contributed by atoms with van der Waals surface area (Å²) in [5.74, 6) is 0.240. The molecule has 0 aliphatic heterocycles. The number of rotatable bonds is 13. The lowest BCUT2D eigenvalue weighted by molar-refractivity contribution is -0.140. The van der Waals surface area contributed by atoms with Crippen LogP contribution in [0.25, 0.3) is 0 Å². The maximum atomic E-state index is 13.3. The smallest absolute Gasteiger partial charge is 0.242 e. The van der Waals surface area contributed by atoms with Crippen molar-refractivity contribution < 1.29 is 28.2 Å². The van der Waals surface area contributed by atoms with Crippen molar-refractivity contribution in [1.29, 1.82) is 0 Å². The van der Waals surface area contributed by atoms with E-state index in [1.807, 2.05) is 6.92 Å². The van der Waals surface area contributed by atoms with Gasteiger partial charge < -0.3 is 24.4 Å². The lowest BCUT2D eigenvalue weighted by Gasteiger charge is -2.29. The van der Waals surface area contributed by atoms with E-state index in [0.29, 0.717) is 37.7 Å². The average Bonchev–Trinajstić information content (AvgIpc) is 2.82. The zero-order valence-corrected chi connectivity index (χ0v) is 19.7. The Morgan fingerprint density at radius 1 is 1.03 bits per heavy atom. The van der Waals surface area contributed by atoms with Gasteiger partial charge in [-0.05, 0) is 55.7 Å². The van der Waals surface area contributed by atoms with Crippen LogP contribution in [0.4, 0.5) is 4.39 Å². The van der Waals surface area contributed by atoms with Crippen molar-refractivity contribution in [3.63, 3.8) is 0 Å². The molecule has 0 aliphatic carbocycles. The number of nitrogens with one attached hydrogen (secondary N) is 1. The Balaban J connectivity index is 2.16. The molecule has 0 radical (unpaired) electrons. The Kier molecular flexibility index (Phi) is 10.6. The molecular formula is C25H33FN2O5. The monoisotopic (exact) mass is 460 g/mol. The number of nitrogens with zero attached hydrogens (tertiary/aromatic N) is 1. The Morgan fingerprint density at radius 3 is 2.33 bits per heavy atom. The van der Waals surface area contributed by atoms with Crippen LogP contribution < -0.4 is 14.8 Å². The summed E-state index contributed by atoms with van der Waals surface area (Å²) in [5, 5.41) is 2.86. The van der Waals surface area contributed by atoms with Gasteiger partial charge in [-0.25, -0.2) is 4.39 Å². The van der Waals surface area contributed by atoms with Gasteiger partial charge >= 0.3 is 0 Å². The van der Waals surface area contributed by atoms with E-state index in [1.165, 1.54) is 24.1 Å². The van der Waals surface area contributed by atoms with Gasteiger partial charge in [0, 0.05) is 26.3 Å². The van der Waals surface area contributed by atoms with Gasteiger partial charge in [-0.15, -0.1) is 0 Å². The predicted molar refractivity (Wildman–Crippen MR) is 124 cm³/mol. The first-order valence-electron chi connectivity index (χ1n) is 11.0. The Hall–Kier alpha value is -3.13. The molecule has 1 N–H and O–H groups in total. The number of ether oxygens (including phenoxy) is 3. The molecule has 8 heteroatoms. The first-order valence-corrected chi connectivity index (χ1v) is 11.0. The number of carbonyl (C=O) groups is 2.